The smallest absolute Gasteiger partial charge is 0.259 e. The van der Waals surface area contributed by atoms with Crippen molar-refractivity contribution < 1.29 is 8.42 Å². The van der Waals surface area contributed by atoms with Crippen LogP contribution in [0.2, 0.25) is 0 Å². The van der Waals surface area contributed by atoms with Crippen molar-refractivity contribution in [2.75, 3.05) is 4.31 Å². The molecule has 1 fully saturated rings. The van der Waals surface area contributed by atoms with E-state index in [9.17, 15) is 8.42 Å². The summed E-state index contributed by atoms with van der Waals surface area (Å²) in [6, 6.07) is 15.1. The number of para-hydroxylation sites is 1. The second-order valence-electron chi connectivity index (χ2n) is 8.88. The van der Waals surface area contributed by atoms with Gasteiger partial charge in [-0.3, -0.25) is 4.31 Å². The average Bonchev–Trinajstić information content (AvgIpc) is 2.97. The lowest BCUT2D eigenvalue weighted by atomic mass is 9.83. The number of aryl methyl sites for hydroxylation is 1. The van der Waals surface area contributed by atoms with Crippen LogP contribution in [0.4, 0.5) is 5.69 Å². The van der Waals surface area contributed by atoms with Gasteiger partial charge in [-0.1, -0.05) is 66.5 Å². The van der Waals surface area contributed by atoms with Crippen LogP contribution in [0, 0.1) is 12.8 Å². The molecule has 0 saturated heterocycles. The van der Waals surface area contributed by atoms with Gasteiger partial charge >= 0.3 is 0 Å². The Morgan fingerprint density at radius 1 is 0.900 bits per heavy atom. The first kappa shape index (κ1) is 19.6. The zero-order valence-corrected chi connectivity index (χ0v) is 18.4. The molecule has 2 atom stereocenters. The second-order valence-corrected chi connectivity index (χ2v) is 10.7. The molecular weight excluding hydrogens is 390 g/mol. The molecule has 30 heavy (non-hydrogen) atoms. The third-order valence-corrected chi connectivity index (χ3v) is 8.74. The molecule has 4 heteroatoms. The largest absolute Gasteiger partial charge is 0.264 e. The van der Waals surface area contributed by atoms with Gasteiger partial charge in [0.2, 0.25) is 0 Å². The summed E-state index contributed by atoms with van der Waals surface area (Å²) >= 11 is 0. The Labute approximate surface area is 180 Å². The molecule has 2 aromatic carbocycles. The van der Waals surface area contributed by atoms with E-state index in [4.69, 9.17) is 0 Å². The van der Waals surface area contributed by atoms with Gasteiger partial charge < -0.3 is 0 Å². The first-order valence-corrected chi connectivity index (χ1v) is 12.6. The second kappa shape index (κ2) is 7.73. The molecular formula is C26H29NO2S. The molecule has 0 unspecified atom stereocenters. The van der Waals surface area contributed by atoms with Crippen LogP contribution in [-0.2, 0) is 16.4 Å². The summed E-state index contributed by atoms with van der Waals surface area (Å²) in [5.41, 5.74) is 5.98. The highest BCUT2D eigenvalue weighted by Gasteiger charge is 2.43. The van der Waals surface area contributed by atoms with Gasteiger partial charge in [0.05, 0.1) is 16.6 Å². The van der Waals surface area contributed by atoms with E-state index >= 15 is 0 Å². The van der Waals surface area contributed by atoms with Crippen LogP contribution in [0.1, 0.15) is 49.7 Å². The van der Waals surface area contributed by atoms with Crippen molar-refractivity contribution in [3.05, 3.63) is 83.0 Å². The minimum absolute atomic E-state index is 0.142. The molecule has 5 rings (SSSR count). The van der Waals surface area contributed by atoms with E-state index < -0.39 is 10.0 Å². The molecule has 3 aliphatic rings. The zero-order valence-electron chi connectivity index (χ0n) is 17.5. The molecule has 0 bridgehead atoms. The number of sulfonamides is 1. The van der Waals surface area contributed by atoms with Gasteiger partial charge in [0.25, 0.3) is 10.0 Å². The number of hydrogen-bond acceptors (Lipinski definition) is 2. The Morgan fingerprint density at radius 3 is 2.33 bits per heavy atom. The van der Waals surface area contributed by atoms with Crippen LogP contribution < -0.4 is 4.31 Å². The van der Waals surface area contributed by atoms with Crippen LogP contribution in [0.25, 0.3) is 0 Å². The van der Waals surface area contributed by atoms with Crippen molar-refractivity contribution in [2.45, 2.75) is 62.8 Å². The minimum Gasteiger partial charge on any atom is -0.259 e. The predicted octanol–water partition coefficient (Wildman–Crippen LogP) is 5.95. The Morgan fingerprint density at radius 2 is 1.60 bits per heavy atom. The topological polar surface area (TPSA) is 37.4 Å². The van der Waals surface area contributed by atoms with E-state index in [-0.39, 0.29) is 12.0 Å². The van der Waals surface area contributed by atoms with Gasteiger partial charge in [-0.25, -0.2) is 8.42 Å². The van der Waals surface area contributed by atoms with E-state index in [1.165, 1.54) is 31.3 Å². The van der Waals surface area contributed by atoms with Crippen molar-refractivity contribution in [3.8, 4) is 0 Å². The van der Waals surface area contributed by atoms with Crippen LogP contribution >= 0.6 is 0 Å². The molecule has 2 aromatic rings. The molecule has 0 radical (unpaired) electrons. The van der Waals surface area contributed by atoms with Crippen molar-refractivity contribution in [1.82, 2.24) is 0 Å². The minimum atomic E-state index is -3.65. The number of benzene rings is 2. The molecule has 1 saturated carbocycles. The number of fused-ring (bicyclic) bond motifs is 2. The third kappa shape index (κ3) is 3.31. The van der Waals surface area contributed by atoms with Crippen molar-refractivity contribution >= 4 is 15.7 Å². The number of nitrogens with zero attached hydrogens (tertiary/aromatic N) is 1. The summed E-state index contributed by atoms with van der Waals surface area (Å²) in [4.78, 5) is 0.368. The molecule has 3 nitrogen and oxygen atoms in total. The number of hydrogen-bond donors (Lipinski definition) is 0. The zero-order chi connectivity index (χ0) is 20.7. The molecule has 0 N–H and O–H groups in total. The van der Waals surface area contributed by atoms with Crippen molar-refractivity contribution in [2.24, 2.45) is 5.92 Å². The van der Waals surface area contributed by atoms with Crippen molar-refractivity contribution in [3.63, 3.8) is 0 Å². The maximum atomic E-state index is 13.8. The predicted molar refractivity (Wildman–Crippen MR) is 122 cm³/mol. The molecule has 0 aromatic heterocycles. The van der Waals surface area contributed by atoms with Gasteiger partial charge in [-0.2, -0.15) is 0 Å². The number of rotatable bonds is 2. The lowest BCUT2D eigenvalue weighted by Crippen LogP contribution is -2.46. The van der Waals surface area contributed by atoms with Crippen molar-refractivity contribution in [1.29, 1.82) is 0 Å². The fraction of sp³-hybridized carbons (Fsp3) is 0.385. The molecule has 2 aliphatic carbocycles. The Balaban J connectivity index is 1.61. The summed E-state index contributed by atoms with van der Waals surface area (Å²) < 4.78 is 29.3. The van der Waals surface area contributed by atoms with Gasteiger partial charge in [-0.15, -0.1) is 0 Å². The maximum absolute atomic E-state index is 13.8. The highest BCUT2D eigenvalue weighted by Crippen LogP contribution is 2.46. The average molecular weight is 420 g/mol. The van der Waals surface area contributed by atoms with E-state index in [0.29, 0.717) is 4.90 Å². The fourth-order valence-electron chi connectivity index (χ4n) is 5.35. The van der Waals surface area contributed by atoms with Crippen LogP contribution in [-0.4, -0.2) is 14.5 Å². The van der Waals surface area contributed by atoms with Crippen LogP contribution in [0.3, 0.4) is 0 Å². The summed E-state index contributed by atoms with van der Waals surface area (Å²) in [6.07, 6.45) is 12.7. The van der Waals surface area contributed by atoms with Gasteiger partial charge in [0, 0.05) is 5.92 Å². The standard InChI is InChI=1S/C26H29NO2S/c1-19-12-14-22(15-13-19)30(28,29)27-25-11-7-6-10-21(25)18-24-23(16-17-26(24)27)20-8-4-2-3-5-9-20/h6-7,10-17,24,26H,2-5,8-9,18H2,1H3/t24-,26+/m0/s1. The summed E-state index contributed by atoms with van der Waals surface area (Å²) in [5.74, 6) is 0.216. The molecule has 156 valence electrons. The molecule has 1 aliphatic heterocycles. The first-order valence-electron chi connectivity index (χ1n) is 11.1. The Hall–Kier alpha value is -2.33. The van der Waals surface area contributed by atoms with Gasteiger partial charge in [0.15, 0.2) is 0 Å². The quantitative estimate of drug-likeness (QED) is 0.564. The molecule has 0 amide bonds. The number of allylic oxidation sites excluding steroid dienone is 2. The lowest BCUT2D eigenvalue weighted by molar-refractivity contribution is 0.522. The van der Waals surface area contributed by atoms with E-state index in [1.807, 2.05) is 37.3 Å². The molecule has 1 heterocycles. The highest BCUT2D eigenvalue weighted by atomic mass is 32.2. The van der Waals surface area contributed by atoms with Crippen LogP contribution in [0.5, 0.6) is 0 Å². The molecule has 0 spiro atoms. The summed E-state index contributed by atoms with van der Waals surface area (Å²) in [7, 11) is -3.65. The third-order valence-electron chi connectivity index (χ3n) is 6.92. The maximum Gasteiger partial charge on any atom is 0.264 e. The Bertz CT molecular complexity index is 1100. The van der Waals surface area contributed by atoms with Gasteiger partial charge in [0.1, 0.15) is 0 Å². The number of anilines is 1. The van der Waals surface area contributed by atoms with Gasteiger partial charge in [-0.05, 0) is 68.4 Å². The van der Waals surface area contributed by atoms with E-state index in [0.717, 1.165) is 36.1 Å². The highest BCUT2D eigenvalue weighted by molar-refractivity contribution is 7.92. The lowest BCUT2D eigenvalue weighted by Gasteiger charge is -2.40. The monoisotopic (exact) mass is 419 g/mol. The Kier molecular flexibility index (Phi) is 5.06. The summed E-state index contributed by atoms with van der Waals surface area (Å²) in [6.45, 7) is 1.98. The first-order chi connectivity index (χ1) is 14.6. The van der Waals surface area contributed by atoms with E-state index in [1.54, 1.807) is 22.0 Å². The van der Waals surface area contributed by atoms with E-state index in [2.05, 4.69) is 18.2 Å². The van der Waals surface area contributed by atoms with Crippen LogP contribution in [0.15, 0.2) is 76.7 Å². The SMILES string of the molecule is Cc1ccc(S(=O)(=O)N2c3ccccc3C[C@H]3C(=C4CCCCCC4)C=C[C@H]32)cc1. The normalized spacial score (nSPS) is 23.8. The summed E-state index contributed by atoms with van der Waals surface area (Å²) in [5, 5.41) is 0. The fourth-order valence-corrected chi connectivity index (χ4v) is 7.03.